The second-order valence-corrected chi connectivity index (χ2v) is 5.81. The van der Waals surface area contributed by atoms with E-state index in [4.69, 9.17) is 4.74 Å². The zero-order chi connectivity index (χ0) is 17.1. The maximum absolute atomic E-state index is 12.2. The zero-order valence-corrected chi connectivity index (χ0v) is 14.2. The molecule has 1 N–H and O–H groups in total. The first-order chi connectivity index (χ1) is 11.6. The van der Waals surface area contributed by atoms with E-state index in [2.05, 4.69) is 14.9 Å². The summed E-state index contributed by atoms with van der Waals surface area (Å²) in [7, 11) is 3.61. The van der Waals surface area contributed by atoms with E-state index in [9.17, 15) is 4.79 Å². The number of aryl methyl sites for hydroxylation is 2. The number of aromatic nitrogens is 2. The van der Waals surface area contributed by atoms with E-state index in [-0.39, 0.29) is 5.91 Å². The standard InChI is InChI=1S/C19H21N3O2/c1-13-21-16-10-14(8-9-17(16)22(13)2)12-20-19(23)11-15-6-4-5-7-18(15)24-3/h4-10H,11-12H2,1-3H3,(H,20,23). The van der Waals surface area contributed by atoms with Gasteiger partial charge in [0.05, 0.1) is 24.6 Å². The minimum atomic E-state index is -0.0307. The van der Waals surface area contributed by atoms with Crippen molar-refractivity contribution in [3.05, 3.63) is 59.4 Å². The Hall–Kier alpha value is -2.82. The molecule has 1 heterocycles. The van der Waals surface area contributed by atoms with E-state index in [0.29, 0.717) is 13.0 Å². The van der Waals surface area contributed by atoms with Gasteiger partial charge in [-0.05, 0) is 30.7 Å². The van der Waals surface area contributed by atoms with Crippen LogP contribution in [-0.4, -0.2) is 22.6 Å². The van der Waals surface area contributed by atoms with Crippen LogP contribution in [0.15, 0.2) is 42.5 Å². The molecule has 124 valence electrons. The van der Waals surface area contributed by atoms with Gasteiger partial charge in [0.25, 0.3) is 0 Å². The van der Waals surface area contributed by atoms with Crippen molar-refractivity contribution in [2.75, 3.05) is 7.11 Å². The summed E-state index contributed by atoms with van der Waals surface area (Å²) in [4.78, 5) is 16.7. The molecule has 1 amide bonds. The molecule has 0 atom stereocenters. The van der Waals surface area contributed by atoms with Gasteiger partial charge in [-0.1, -0.05) is 24.3 Å². The van der Waals surface area contributed by atoms with Crippen LogP contribution in [-0.2, 0) is 24.8 Å². The Bertz CT molecular complexity index is 883. The quantitative estimate of drug-likeness (QED) is 0.785. The summed E-state index contributed by atoms with van der Waals surface area (Å²) >= 11 is 0. The van der Waals surface area contributed by atoms with E-state index >= 15 is 0 Å². The topological polar surface area (TPSA) is 56.1 Å². The lowest BCUT2D eigenvalue weighted by molar-refractivity contribution is -0.120. The number of fused-ring (bicyclic) bond motifs is 1. The average Bonchev–Trinajstić information content (AvgIpc) is 2.87. The van der Waals surface area contributed by atoms with Crippen molar-refractivity contribution >= 4 is 16.9 Å². The Labute approximate surface area is 141 Å². The molecular formula is C19H21N3O2. The number of carbonyl (C=O) groups is 1. The second-order valence-electron chi connectivity index (χ2n) is 5.81. The number of amides is 1. The largest absolute Gasteiger partial charge is 0.496 e. The fourth-order valence-corrected chi connectivity index (χ4v) is 2.76. The number of hydrogen-bond acceptors (Lipinski definition) is 3. The fraction of sp³-hybridized carbons (Fsp3) is 0.263. The predicted octanol–water partition coefficient (Wildman–Crippen LogP) is 2.75. The van der Waals surface area contributed by atoms with Crippen LogP contribution in [0.3, 0.4) is 0 Å². The third-order valence-electron chi connectivity index (χ3n) is 4.20. The van der Waals surface area contributed by atoms with Crippen LogP contribution in [0.4, 0.5) is 0 Å². The highest BCUT2D eigenvalue weighted by atomic mass is 16.5. The van der Waals surface area contributed by atoms with E-state index in [1.807, 2.05) is 56.4 Å². The average molecular weight is 323 g/mol. The molecule has 3 aromatic rings. The summed E-state index contributed by atoms with van der Waals surface area (Å²) in [5.74, 6) is 1.68. The molecule has 3 rings (SSSR count). The Morgan fingerprint density at radius 3 is 2.83 bits per heavy atom. The molecule has 0 fully saturated rings. The molecule has 0 spiro atoms. The lowest BCUT2D eigenvalue weighted by Gasteiger charge is -2.09. The van der Waals surface area contributed by atoms with Crippen molar-refractivity contribution < 1.29 is 9.53 Å². The first-order valence-electron chi connectivity index (χ1n) is 7.89. The van der Waals surface area contributed by atoms with Gasteiger partial charge in [-0.3, -0.25) is 4.79 Å². The fourth-order valence-electron chi connectivity index (χ4n) is 2.76. The number of methoxy groups -OCH3 is 1. The van der Waals surface area contributed by atoms with Crippen molar-refractivity contribution in [1.29, 1.82) is 0 Å². The number of nitrogens with zero attached hydrogens (tertiary/aromatic N) is 2. The van der Waals surface area contributed by atoms with Crippen LogP contribution in [0.25, 0.3) is 11.0 Å². The normalized spacial score (nSPS) is 10.8. The minimum absolute atomic E-state index is 0.0307. The van der Waals surface area contributed by atoms with E-state index < -0.39 is 0 Å². The molecular weight excluding hydrogens is 302 g/mol. The van der Waals surface area contributed by atoms with Gasteiger partial charge in [0.1, 0.15) is 11.6 Å². The third-order valence-corrected chi connectivity index (χ3v) is 4.20. The van der Waals surface area contributed by atoms with Gasteiger partial charge in [-0.2, -0.15) is 0 Å². The maximum atomic E-state index is 12.2. The first kappa shape index (κ1) is 16.1. The van der Waals surface area contributed by atoms with Crippen molar-refractivity contribution in [2.24, 2.45) is 7.05 Å². The third kappa shape index (κ3) is 3.25. The van der Waals surface area contributed by atoms with Crippen LogP contribution in [0.1, 0.15) is 17.0 Å². The van der Waals surface area contributed by atoms with E-state index in [0.717, 1.165) is 33.7 Å². The number of benzene rings is 2. The van der Waals surface area contributed by atoms with Gasteiger partial charge in [0.15, 0.2) is 0 Å². The molecule has 24 heavy (non-hydrogen) atoms. The number of nitrogens with one attached hydrogen (secondary N) is 1. The summed E-state index contributed by atoms with van der Waals surface area (Å²) in [6.07, 6.45) is 0.301. The highest BCUT2D eigenvalue weighted by Gasteiger charge is 2.09. The minimum Gasteiger partial charge on any atom is -0.496 e. The molecule has 0 unspecified atom stereocenters. The van der Waals surface area contributed by atoms with Gasteiger partial charge in [0.2, 0.25) is 5.91 Å². The number of imidazole rings is 1. The number of hydrogen-bond donors (Lipinski definition) is 1. The van der Waals surface area contributed by atoms with Gasteiger partial charge in [-0.15, -0.1) is 0 Å². The molecule has 5 nitrogen and oxygen atoms in total. The lowest BCUT2D eigenvalue weighted by Crippen LogP contribution is -2.24. The monoisotopic (exact) mass is 323 g/mol. The molecule has 0 aliphatic carbocycles. The maximum Gasteiger partial charge on any atom is 0.224 e. The van der Waals surface area contributed by atoms with Gasteiger partial charge in [-0.25, -0.2) is 4.98 Å². The summed E-state index contributed by atoms with van der Waals surface area (Å²) in [5, 5.41) is 2.96. The van der Waals surface area contributed by atoms with Crippen LogP contribution in [0.5, 0.6) is 5.75 Å². The van der Waals surface area contributed by atoms with Gasteiger partial charge >= 0.3 is 0 Å². The summed E-state index contributed by atoms with van der Waals surface area (Å²) in [6, 6.07) is 13.6. The second kappa shape index (κ2) is 6.74. The summed E-state index contributed by atoms with van der Waals surface area (Å²) in [6.45, 7) is 2.47. The van der Waals surface area contributed by atoms with Crippen LogP contribution < -0.4 is 10.1 Å². The summed E-state index contributed by atoms with van der Waals surface area (Å²) < 4.78 is 7.34. The number of carbonyl (C=O) groups excluding carboxylic acids is 1. The summed E-state index contributed by atoms with van der Waals surface area (Å²) in [5.41, 5.74) is 3.96. The molecule has 0 aliphatic rings. The predicted molar refractivity (Wildman–Crippen MR) is 94.0 cm³/mol. The van der Waals surface area contributed by atoms with E-state index in [1.165, 1.54) is 0 Å². The molecule has 0 bridgehead atoms. The number of para-hydroxylation sites is 1. The van der Waals surface area contributed by atoms with E-state index in [1.54, 1.807) is 7.11 Å². The number of rotatable bonds is 5. The Morgan fingerprint density at radius 2 is 2.04 bits per heavy atom. The highest BCUT2D eigenvalue weighted by molar-refractivity contribution is 5.80. The number of ether oxygens (including phenoxy) is 1. The van der Waals surface area contributed by atoms with Crippen LogP contribution in [0, 0.1) is 6.92 Å². The van der Waals surface area contributed by atoms with Crippen molar-refractivity contribution in [1.82, 2.24) is 14.9 Å². The molecule has 0 saturated carbocycles. The van der Waals surface area contributed by atoms with Gasteiger partial charge in [0, 0.05) is 19.2 Å². The zero-order valence-electron chi connectivity index (χ0n) is 14.2. The SMILES string of the molecule is COc1ccccc1CC(=O)NCc1ccc2c(c1)nc(C)n2C. The van der Waals surface area contributed by atoms with Gasteiger partial charge < -0.3 is 14.6 Å². The van der Waals surface area contributed by atoms with Crippen molar-refractivity contribution in [3.63, 3.8) is 0 Å². The van der Waals surface area contributed by atoms with Crippen molar-refractivity contribution in [2.45, 2.75) is 19.9 Å². The molecule has 0 aliphatic heterocycles. The van der Waals surface area contributed by atoms with Crippen LogP contribution in [0.2, 0.25) is 0 Å². The molecule has 0 saturated heterocycles. The first-order valence-corrected chi connectivity index (χ1v) is 7.89. The lowest BCUT2D eigenvalue weighted by atomic mass is 10.1. The smallest absolute Gasteiger partial charge is 0.224 e. The molecule has 5 heteroatoms. The Kier molecular flexibility index (Phi) is 4.51. The highest BCUT2D eigenvalue weighted by Crippen LogP contribution is 2.18. The van der Waals surface area contributed by atoms with Crippen molar-refractivity contribution in [3.8, 4) is 5.75 Å². The van der Waals surface area contributed by atoms with Crippen LogP contribution >= 0.6 is 0 Å². The Morgan fingerprint density at radius 1 is 1.25 bits per heavy atom. The molecule has 2 aromatic carbocycles. The molecule has 0 radical (unpaired) electrons. The Balaban J connectivity index is 1.66. The molecule has 1 aromatic heterocycles.